The Morgan fingerprint density at radius 3 is 2.50 bits per heavy atom. The number of nitro groups is 1. The van der Waals surface area contributed by atoms with E-state index in [0.29, 0.717) is 11.5 Å². The molecule has 1 saturated carbocycles. The third-order valence-corrected chi connectivity index (χ3v) is 3.44. The number of benzene rings is 1. The van der Waals surface area contributed by atoms with Gasteiger partial charge in [-0.2, -0.15) is 5.10 Å². The van der Waals surface area contributed by atoms with Crippen molar-refractivity contribution in [3.63, 3.8) is 0 Å². The molecule has 0 radical (unpaired) electrons. The van der Waals surface area contributed by atoms with Crippen molar-refractivity contribution in [2.75, 3.05) is 0 Å². The maximum Gasteiger partial charge on any atom is 0.271 e. The molecule has 0 unspecified atom stereocenters. The molecule has 0 bridgehead atoms. The van der Waals surface area contributed by atoms with Crippen LogP contribution in [-0.4, -0.2) is 17.0 Å². The van der Waals surface area contributed by atoms with Crippen LogP contribution in [0.15, 0.2) is 29.4 Å². The molecule has 20 heavy (non-hydrogen) atoms. The number of nitro benzene ring substituents is 1. The number of hydrogen-bond acceptors (Lipinski definition) is 4. The second-order valence-electron chi connectivity index (χ2n) is 4.92. The van der Waals surface area contributed by atoms with Gasteiger partial charge in [0.15, 0.2) is 0 Å². The smallest absolute Gasteiger partial charge is 0.267 e. The first kappa shape index (κ1) is 14.2. The third kappa shape index (κ3) is 3.88. The summed E-state index contributed by atoms with van der Waals surface area (Å²) in [6, 6.07) is 5.45. The van der Waals surface area contributed by atoms with Crippen LogP contribution >= 0.6 is 0 Å². The van der Waals surface area contributed by atoms with Crippen molar-refractivity contribution in [3.05, 3.63) is 39.9 Å². The van der Waals surface area contributed by atoms with Gasteiger partial charge in [0, 0.05) is 23.9 Å². The summed E-state index contributed by atoms with van der Waals surface area (Å²) in [4.78, 5) is 21.8. The van der Waals surface area contributed by atoms with E-state index in [1.165, 1.54) is 43.5 Å². The lowest BCUT2D eigenvalue weighted by Gasteiger charge is -2.16. The van der Waals surface area contributed by atoms with Crippen LogP contribution in [0.1, 0.15) is 42.5 Å². The summed E-state index contributed by atoms with van der Waals surface area (Å²) >= 11 is 0. The number of carbonyl (C=O) groups excluding carboxylic acids is 1. The molecule has 1 amide bonds. The molecule has 6 nitrogen and oxygen atoms in total. The average Bonchev–Trinajstić information content (AvgIpc) is 2.48. The van der Waals surface area contributed by atoms with Crippen LogP contribution in [-0.2, 0) is 0 Å². The first-order valence-corrected chi connectivity index (χ1v) is 6.75. The Morgan fingerprint density at radius 2 is 1.90 bits per heavy atom. The van der Waals surface area contributed by atoms with E-state index in [2.05, 4.69) is 10.5 Å². The number of nitrogens with zero attached hydrogens (tertiary/aromatic N) is 2. The predicted molar refractivity (Wildman–Crippen MR) is 75.6 cm³/mol. The van der Waals surface area contributed by atoms with Crippen LogP contribution in [0.2, 0.25) is 0 Å². The van der Waals surface area contributed by atoms with Crippen molar-refractivity contribution >= 4 is 17.8 Å². The predicted octanol–water partition coefficient (Wildman–Crippen LogP) is 2.89. The summed E-state index contributed by atoms with van der Waals surface area (Å²) in [6.45, 7) is 0. The van der Waals surface area contributed by atoms with Gasteiger partial charge in [0.1, 0.15) is 0 Å². The van der Waals surface area contributed by atoms with Crippen molar-refractivity contribution in [1.29, 1.82) is 0 Å². The highest BCUT2D eigenvalue weighted by Gasteiger charge is 2.11. The number of amides is 1. The summed E-state index contributed by atoms with van der Waals surface area (Å²) in [5.41, 5.74) is 2.78. The van der Waals surface area contributed by atoms with Gasteiger partial charge in [0.2, 0.25) is 0 Å². The third-order valence-electron chi connectivity index (χ3n) is 3.44. The number of hydrazone groups is 1. The largest absolute Gasteiger partial charge is 0.271 e. The zero-order chi connectivity index (χ0) is 14.4. The Morgan fingerprint density at radius 1 is 1.25 bits per heavy atom. The number of rotatable bonds is 4. The Hall–Kier alpha value is -2.24. The first-order valence-electron chi connectivity index (χ1n) is 6.75. The molecule has 0 atom stereocenters. The lowest BCUT2D eigenvalue weighted by molar-refractivity contribution is -0.384. The van der Waals surface area contributed by atoms with Gasteiger partial charge in [-0.25, -0.2) is 5.43 Å². The SMILES string of the molecule is O=C(N/N=C/C1CCCCC1)c1ccc([N+](=O)[O-])cc1. The lowest BCUT2D eigenvalue weighted by Crippen LogP contribution is -2.19. The number of carbonyl (C=O) groups is 1. The summed E-state index contributed by atoms with van der Waals surface area (Å²) in [5, 5.41) is 14.5. The van der Waals surface area contributed by atoms with Crippen LogP contribution in [0, 0.1) is 16.0 Å². The molecule has 1 fully saturated rings. The average molecular weight is 275 g/mol. The number of hydrogen-bond donors (Lipinski definition) is 1. The van der Waals surface area contributed by atoms with E-state index >= 15 is 0 Å². The molecule has 0 aliphatic heterocycles. The molecule has 1 N–H and O–H groups in total. The molecule has 0 heterocycles. The van der Waals surface area contributed by atoms with Crippen LogP contribution < -0.4 is 5.43 Å². The molecule has 2 rings (SSSR count). The summed E-state index contributed by atoms with van der Waals surface area (Å²) in [5.74, 6) is 0.0906. The lowest BCUT2D eigenvalue weighted by atomic mass is 9.90. The van der Waals surface area contributed by atoms with Crippen molar-refractivity contribution in [2.45, 2.75) is 32.1 Å². The maximum absolute atomic E-state index is 11.8. The topological polar surface area (TPSA) is 84.6 Å². The Bertz CT molecular complexity index is 505. The molecule has 1 aromatic carbocycles. The molecule has 106 valence electrons. The fourth-order valence-electron chi connectivity index (χ4n) is 2.28. The van der Waals surface area contributed by atoms with Crippen molar-refractivity contribution in [2.24, 2.45) is 11.0 Å². The maximum atomic E-state index is 11.8. The zero-order valence-electron chi connectivity index (χ0n) is 11.1. The zero-order valence-corrected chi connectivity index (χ0v) is 11.1. The van der Waals surface area contributed by atoms with Gasteiger partial charge in [-0.1, -0.05) is 19.3 Å². The molecule has 0 aromatic heterocycles. The van der Waals surface area contributed by atoms with E-state index in [0.717, 1.165) is 12.8 Å². The van der Waals surface area contributed by atoms with E-state index in [9.17, 15) is 14.9 Å². The Labute approximate surface area is 117 Å². The number of nitrogens with one attached hydrogen (secondary N) is 1. The minimum Gasteiger partial charge on any atom is -0.267 e. The quantitative estimate of drug-likeness (QED) is 0.521. The van der Waals surface area contributed by atoms with Crippen molar-refractivity contribution < 1.29 is 9.72 Å². The second kappa shape index (κ2) is 6.79. The van der Waals surface area contributed by atoms with Crippen LogP contribution in [0.25, 0.3) is 0 Å². The van der Waals surface area contributed by atoms with E-state index in [1.807, 2.05) is 0 Å². The standard InChI is InChI=1S/C14H17N3O3/c18-14(12-6-8-13(9-7-12)17(19)20)16-15-10-11-4-2-1-3-5-11/h6-11H,1-5H2,(H,16,18)/b15-10+. The fourth-order valence-corrected chi connectivity index (χ4v) is 2.28. The van der Waals surface area contributed by atoms with E-state index in [-0.39, 0.29) is 11.6 Å². The van der Waals surface area contributed by atoms with Gasteiger partial charge in [0.05, 0.1) is 4.92 Å². The molecule has 1 aliphatic carbocycles. The molecular formula is C14H17N3O3. The summed E-state index contributed by atoms with van der Waals surface area (Å²) < 4.78 is 0. The normalized spacial score (nSPS) is 16.2. The summed E-state index contributed by atoms with van der Waals surface area (Å²) in [7, 11) is 0. The Kier molecular flexibility index (Phi) is 4.81. The highest BCUT2D eigenvalue weighted by Crippen LogP contribution is 2.21. The van der Waals surface area contributed by atoms with Crippen molar-refractivity contribution in [3.8, 4) is 0 Å². The van der Waals surface area contributed by atoms with Crippen LogP contribution in [0.3, 0.4) is 0 Å². The molecular weight excluding hydrogens is 258 g/mol. The molecule has 6 heteroatoms. The van der Waals surface area contributed by atoms with Gasteiger partial charge in [-0.15, -0.1) is 0 Å². The minimum absolute atomic E-state index is 0.0349. The van der Waals surface area contributed by atoms with E-state index < -0.39 is 4.92 Å². The molecule has 0 saturated heterocycles. The highest BCUT2D eigenvalue weighted by molar-refractivity contribution is 5.94. The molecule has 1 aromatic rings. The number of non-ortho nitro benzene ring substituents is 1. The fraction of sp³-hybridized carbons (Fsp3) is 0.429. The molecule has 0 spiro atoms. The van der Waals surface area contributed by atoms with Gasteiger partial charge in [-0.3, -0.25) is 14.9 Å². The van der Waals surface area contributed by atoms with Crippen molar-refractivity contribution in [1.82, 2.24) is 5.43 Å². The minimum atomic E-state index is -0.497. The van der Waals surface area contributed by atoms with Crippen LogP contribution in [0.5, 0.6) is 0 Å². The summed E-state index contributed by atoms with van der Waals surface area (Å²) in [6.07, 6.45) is 7.75. The van der Waals surface area contributed by atoms with Gasteiger partial charge >= 0.3 is 0 Å². The van der Waals surface area contributed by atoms with Gasteiger partial charge in [-0.05, 0) is 30.9 Å². The highest BCUT2D eigenvalue weighted by atomic mass is 16.6. The van der Waals surface area contributed by atoms with E-state index in [1.54, 1.807) is 6.21 Å². The Balaban J connectivity index is 1.87. The van der Waals surface area contributed by atoms with E-state index in [4.69, 9.17) is 0 Å². The first-order chi connectivity index (χ1) is 9.66. The van der Waals surface area contributed by atoms with Crippen LogP contribution in [0.4, 0.5) is 5.69 Å². The molecule has 1 aliphatic rings. The van der Waals surface area contributed by atoms with Gasteiger partial charge < -0.3 is 0 Å². The second-order valence-corrected chi connectivity index (χ2v) is 4.92. The van der Waals surface area contributed by atoms with Gasteiger partial charge in [0.25, 0.3) is 11.6 Å². The monoisotopic (exact) mass is 275 g/mol.